The second kappa shape index (κ2) is 4.15. The fourth-order valence-corrected chi connectivity index (χ4v) is 2.07. The standard InChI is InChI=1S/C11H18N2O/c1-8-2-3-10(14-8)11(12)9-4-6-13-7-5-9/h2-3,9,11,13H,4-7,12H2,1H3. The predicted octanol–water partition coefficient (Wildman–Crippen LogP) is 1.59. The number of hydrogen-bond donors (Lipinski definition) is 2. The summed E-state index contributed by atoms with van der Waals surface area (Å²) in [4.78, 5) is 0. The molecule has 1 aromatic heterocycles. The average molecular weight is 194 g/mol. The molecule has 0 amide bonds. The van der Waals surface area contributed by atoms with Gasteiger partial charge in [0.1, 0.15) is 11.5 Å². The number of nitrogens with one attached hydrogen (secondary N) is 1. The summed E-state index contributed by atoms with van der Waals surface area (Å²) in [7, 11) is 0. The maximum atomic E-state index is 6.16. The van der Waals surface area contributed by atoms with Crippen molar-refractivity contribution in [2.24, 2.45) is 11.7 Å². The van der Waals surface area contributed by atoms with Gasteiger partial charge < -0.3 is 15.5 Å². The Morgan fingerprint density at radius 1 is 1.43 bits per heavy atom. The minimum Gasteiger partial charge on any atom is -0.465 e. The van der Waals surface area contributed by atoms with Gasteiger partial charge in [-0.15, -0.1) is 0 Å². The number of aryl methyl sites for hydroxylation is 1. The third-order valence-electron chi connectivity index (χ3n) is 2.98. The average Bonchev–Trinajstić information content (AvgIpc) is 2.65. The van der Waals surface area contributed by atoms with Gasteiger partial charge in [-0.05, 0) is 50.9 Å². The zero-order valence-electron chi connectivity index (χ0n) is 8.62. The lowest BCUT2D eigenvalue weighted by Gasteiger charge is -2.26. The summed E-state index contributed by atoms with van der Waals surface area (Å²) in [6.45, 7) is 4.12. The molecule has 2 rings (SSSR count). The molecule has 14 heavy (non-hydrogen) atoms. The van der Waals surface area contributed by atoms with Gasteiger partial charge in [0.25, 0.3) is 0 Å². The first-order chi connectivity index (χ1) is 6.77. The van der Waals surface area contributed by atoms with Crippen molar-refractivity contribution in [3.8, 4) is 0 Å². The molecule has 1 aliphatic rings. The van der Waals surface area contributed by atoms with Crippen LogP contribution in [0.2, 0.25) is 0 Å². The van der Waals surface area contributed by atoms with Crippen LogP contribution in [0.1, 0.15) is 30.4 Å². The molecule has 0 bridgehead atoms. The second-order valence-corrected chi connectivity index (χ2v) is 4.06. The molecule has 0 radical (unpaired) electrons. The number of piperidine rings is 1. The Kier molecular flexibility index (Phi) is 2.89. The largest absolute Gasteiger partial charge is 0.465 e. The fourth-order valence-electron chi connectivity index (χ4n) is 2.07. The predicted molar refractivity (Wildman–Crippen MR) is 56.0 cm³/mol. The van der Waals surface area contributed by atoms with E-state index in [1.807, 2.05) is 19.1 Å². The first kappa shape index (κ1) is 9.74. The van der Waals surface area contributed by atoms with Crippen LogP contribution in [0, 0.1) is 12.8 Å². The quantitative estimate of drug-likeness (QED) is 0.751. The van der Waals surface area contributed by atoms with E-state index in [9.17, 15) is 0 Å². The van der Waals surface area contributed by atoms with Crippen LogP contribution in [0.25, 0.3) is 0 Å². The molecule has 1 fully saturated rings. The number of furan rings is 1. The summed E-state index contributed by atoms with van der Waals surface area (Å²) in [6.07, 6.45) is 2.31. The molecule has 1 atom stereocenters. The number of nitrogens with two attached hydrogens (primary N) is 1. The Bertz CT molecular complexity index is 289. The molecule has 1 aliphatic heterocycles. The molecule has 0 aliphatic carbocycles. The van der Waals surface area contributed by atoms with Crippen LogP contribution in [-0.2, 0) is 0 Å². The van der Waals surface area contributed by atoms with Crippen molar-refractivity contribution in [3.63, 3.8) is 0 Å². The topological polar surface area (TPSA) is 51.2 Å². The van der Waals surface area contributed by atoms with Crippen LogP contribution in [-0.4, -0.2) is 13.1 Å². The molecule has 0 saturated carbocycles. The zero-order chi connectivity index (χ0) is 9.97. The van der Waals surface area contributed by atoms with E-state index in [-0.39, 0.29) is 6.04 Å². The Hall–Kier alpha value is -0.800. The molecule has 0 aromatic carbocycles. The molecule has 0 spiro atoms. The first-order valence-electron chi connectivity index (χ1n) is 5.30. The summed E-state index contributed by atoms with van der Waals surface area (Å²) in [5, 5.41) is 3.34. The van der Waals surface area contributed by atoms with Gasteiger partial charge in [-0.1, -0.05) is 0 Å². The number of rotatable bonds is 2. The van der Waals surface area contributed by atoms with Crippen LogP contribution in [0.15, 0.2) is 16.5 Å². The van der Waals surface area contributed by atoms with Crippen LogP contribution in [0.5, 0.6) is 0 Å². The van der Waals surface area contributed by atoms with Crippen molar-refractivity contribution < 1.29 is 4.42 Å². The third-order valence-corrected chi connectivity index (χ3v) is 2.98. The minimum absolute atomic E-state index is 0.0748. The highest BCUT2D eigenvalue weighted by Crippen LogP contribution is 2.27. The van der Waals surface area contributed by atoms with E-state index in [1.165, 1.54) is 0 Å². The Labute approximate surface area is 84.7 Å². The van der Waals surface area contributed by atoms with E-state index < -0.39 is 0 Å². The summed E-state index contributed by atoms with van der Waals surface area (Å²) in [5.41, 5.74) is 6.16. The van der Waals surface area contributed by atoms with E-state index in [1.54, 1.807) is 0 Å². The number of hydrogen-bond acceptors (Lipinski definition) is 3. The molecule has 78 valence electrons. The van der Waals surface area contributed by atoms with Gasteiger partial charge in [0.15, 0.2) is 0 Å². The molecule has 2 heterocycles. The molecule has 3 N–H and O–H groups in total. The van der Waals surface area contributed by atoms with Crippen LogP contribution in [0.4, 0.5) is 0 Å². The van der Waals surface area contributed by atoms with Gasteiger partial charge in [-0.25, -0.2) is 0 Å². The SMILES string of the molecule is Cc1ccc(C(N)C2CCNCC2)o1. The summed E-state index contributed by atoms with van der Waals surface area (Å²) in [5.74, 6) is 2.46. The maximum Gasteiger partial charge on any atom is 0.121 e. The van der Waals surface area contributed by atoms with E-state index in [2.05, 4.69) is 5.32 Å². The Balaban J connectivity index is 2.03. The van der Waals surface area contributed by atoms with Gasteiger partial charge >= 0.3 is 0 Å². The third kappa shape index (κ3) is 1.99. The van der Waals surface area contributed by atoms with Crippen molar-refractivity contribution in [2.75, 3.05) is 13.1 Å². The van der Waals surface area contributed by atoms with Gasteiger partial charge in [0, 0.05) is 0 Å². The highest BCUT2D eigenvalue weighted by Gasteiger charge is 2.23. The summed E-state index contributed by atoms with van der Waals surface area (Å²) in [6, 6.07) is 4.06. The highest BCUT2D eigenvalue weighted by atomic mass is 16.3. The zero-order valence-corrected chi connectivity index (χ0v) is 8.62. The molecular formula is C11H18N2O. The smallest absolute Gasteiger partial charge is 0.121 e. The highest BCUT2D eigenvalue weighted by molar-refractivity contribution is 5.10. The van der Waals surface area contributed by atoms with Crippen LogP contribution >= 0.6 is 0 Å². The van der Waals surface area contributed by atoms with Gasteiger partial charge in [-0.3, -0.25) is 0 Å². The molecular weight excluding hydrogens is 176 g/mol. The Morgan fingerprint density at radius 2 is 2.14 bits per heavy atom. The lowest BCUT2D eigenvalue weighted by atomic mass is 9.89. The maximum absolute atomic E-state index is 6.16. The molecule has 1 aromatic rings. The summed E-state index contributed by atoms with van der Waals surface area (Å²) >= 11 is 0. The minimum atomic E-state index is 0.0748. The van der Waals surface area contributed by atoms with Crippen molar-refractivity contribution in [1.29, 1.82) is 0 Å². The van der Waals surface area contributed by atoms with Crippen molar-refractivity contribution >= 4 is 0 Å². The fraction of sp³-hybridized carbons (Fsp3) is 0.636. The van der Waals surface area contributed by atoms with Crippen molar-refractivity contribution in [1.82, 2.24) is 5.32 Å². The van der Waals surface area contributed by atoms with Gasteiger partial charge in [0.2, 0.25) is 0 Å². The first-order valence-corrected chi connectivity index (χ1v) is 5.30. The molecule has 1 saturated heterocycles. The Morgan fingerprint density at radius 3 is 2.71 bits per heavy atom. The van der Waals surface area contributed by atoms with Gasteiger partial charge in [-0.2, -0.15) is 0 Å². The van der Waals surface area contributed by atoms with Gasteiger partial charge in [0.05, 0.1) is 6.04 Å². The summed E-state index contributed by atoms with van der Waals surface area (Å²) < 4.78 is 5.55. The lowest BCUT2D eigenvalue weighted by Crippen LogP contribution is -2.33. The van der Waals surface area contributed by atoms with E-state index in [0.29, 0.717) is 5.92 Å². The molecule has 3 nitrogen and oxygen atoms in total. The molecule has 1 unspecified atom stereocenters. The second-order valence-electron chi connectivity index (χ2n) is 4.06. The van der Waals surface area contributed by atoms with Crippen LogP contribution < -0.4 is 11.1 Å². The normalized spacial score (nSPS) is 21.0. The van der Waals surface area contributed by atoms with Crippen molar-refractivity contribution in [3.05, 3.63) is 23.7 Å². The van der Waals surface area contributed by atoms with E-state index >= 15 is 0 Å². The van der Waals surface area contributed by atoms with Crippen molar-refractivity contribution in [2.45, 2.75) is 25.8 Å². The monoisotopic (exact) mass is 194 g/mol. The van der Waals surface area contributed by atoms with Crippen LogP contribution in [0.3, 0.4) is 0 Å². The van der Waals surface area contributed by atoms with E-state index in [4.69, 9.17) is 10.2 Å². The van der Waals surface area contributed by atoms with E-state index in [0.717, 1.165) is 37.5 Å². The lowest BCUT2D eigenvalue weighted by molar-refractivity contribution is 0.289. The molecule has 3 heteroatoms.